The summed E-state index contributed by atoms with van der Waals surface area (Å²) in [5.41, 5.74) is -2.99. The number of carbonyl (C=O) groups excluding carboxylic acids is 3. The summed E-state index contributed by atoms with van der Waals surface area (Å²) >= 11 is 0. The van der Waals surface area contributed by atoms with Gasteiger partial charge in [-0.15, -0.1) is 6.58 Å². The number of nitrogens with zero attached hydrogens (tertiary/aromatic N) is 1. The predicted octanol–water partition coefficient (Wildman–Crippen LogP) is 2.93. The molecule has 11 nitrogen and oxygen atoms in total. The Morgan fingerprint density at radius 3 is 2.16 bits per heavy atom. The van der Waals surface area contributed by atoms with Crippen molar-refractivity contribution in [1.82, 2.24) is 4.90 Å². The zero-order valence-corrected chi connectivity index (χ0v) is 28.6. The molecule has 0 radical (unpaired) electrons. The molecule has 2 rings (SSSR count). The topological polar surface area (TPSA) is 141 Å². The Morgan fingerprint density at radius 1 is 1.05 bits per heavy atom. The van der Waals surface area contributed by atoms with E-state index in [4.69, 9.17) is 23.7 Å². The number of cyclic esters (lactones) is 1. The van der Waals surface area contributed by atoms with Gasteiger partial charge in [0.25, 0.3) is 0 Å². The van der Waals surface area contributed by atoms with Crippen molar-refractivity contribution in [1.29, 1.82) is 0 Å². The molecule has 2 heterocycles. The van der Waals surface area contributed by atoms with Gasteiger partial charge in [0.2, 0.25) is 0 Å². The lowest BCUT2D eigenvalue weighted by Crippen LogP contribution is -2.60. The number of Topliss-reactive ketones (excluding diaryl/α,β-unsaturated/α-hetero) is 2. The monoisotopic (exact) mass is 627 g/mol. The molecule has 0 aromatic rings. The van der Waals surface area contributed by atoms with E-state index < -0.39 is 77.3 Å². The molecule has 0 aromatic heterocycles. The standard InChI is InChI=1S/C33H57NO10/c1-13-15-41-29-20(5)25(35)18(3)17-32(8,40-12)28(44-31-27(37)23(34(10)11)16-19(4)42-31)21(6)26(36)22(7)30(38)43-24(14-2)33(29,9)39/h13,18-24,27-29,31,37,39H,1,14-17H2,2-12H3/t18-,19-,20-,21+,22-,23+,24-,27-,28-,29-,31+,32+,33-/m1/s1. The summed E-state index contributed by atoms with van der Waals surface area (Å²) in [5, 5.41) is 23.0. The normalized spacial score (nSPS) is 43.4. The summed E-state index contributed by atoms with van der Waals surface area (Å²) in [6.45, 7) is 17.2. The van der Waals surface area contributed by atoms with Gasteiger partial charge in [0.1, 0.15) is 29.5 Å². The first-order chi connectivity index (χ1) is 20.4. The highest BCUT2D eigenvalue weighted by Gasteiger charge is 2.52. The van der Waals surface area contributed by atoms with E-state index in [9.17, 15) is 24.6 Å². The van der Waals surface area contributed by atoms with Crippen LogP contribution >= 0.6 is 0 Å². The Hall–Kier alpha value is -1.73. The van der Waals surface area contributed by atoms with Crippen LogP contribution in [0.5, 0.6) is 0 Å². The molecule has 44 heavy (non-hydrogen) atoms. The van der Waals surface area contributed by atoms with Crippen LogP contribution < -0.4 is 0 Å². The summed E-state index contributed by atoms with van der Waals surface area (Å²) < 4.78 is 30.3. The van der Waals surface area contributed by atoms with Crippen LogP contribution in [0.25, 0.3) is 0 Å². The molecular weight excluding hydrogens is 570 g/mol. The Kier molecular flexibility index (Phi) is 13.7. The summed E-state index contributed by atoms with van der Waals surface area (Å²) in [5.74, 6) is -5.05. The largest absolute Gasteiger partial charge is 0.459 e. The first-order valence-electron chi connectivity index (χ1n) is 15.8. The molecule has 0 spiro atoms. The number of ketones is 2. The molecule has 11 heteroatoms. The molecular formula is C33H57NO10. The van der Waals surface area contributed by atoms with Crippen LogP contribution in [0, 0.1) is 23.7 Å². The highest BCUT2D eigenvalue weighted by molar-refractivity contribution is 6.00. The van der Waals surface area contributed by atoms with E-state index >= 15 is 0 Å². The van der Waals surface area contributed by atoms with Crippen LogP contribution in [0.2, 0.25) is 0 Å². The molecule has 0 bridgehead atoms. The number of hydrogen-bond acceptors (Lipinski definition) is 11. The van der Waals surface area contributed by atoms with Gasteiger partial charge in [-0.2, -0.15) is 0 Å². The second-order valence-electron chi connectivity index (χ2n) is 13.5. The minimum atomic E-state index is -1.76. The quantitative estimate of drug-likeness (QED) is 0.233. The maximum Gasteiger partial charge on any atom is 0.316 e. The zero-order chi connectivity index (χ0) is 33.7. The van der Waals surface area contributed by atoms with Crippen LogP contribution in [-0.2, 0) is 38.1 Å². The van der Waals surface area contributed by atoms with E-state index in [1.54, 1.807) is 34.6 Å². The van der Waals surface area contributed by atoms with Gasteiger partial charge in [0, 0.05) is 30.9 Å². The Bertz CT molecular complexity index is 1000. The highest BCUT2D eigenvalue weighted by atomic mass is 16.7. The van der Waals surface area contributed by atoms with E-state index in [-0.39, 0.29) is 37.4 Å². The van der Waals surface area contributed by atoms with E-state index in [1.807, 2.05) is 25.9 Å². The van der Waals surface area contributed by atoms with Crippen molar-refractivity contribution < 1.29 is 48.3 Å². The smallest absolute Gasteiger partial charge is 0.316 e. The van der Waals surface area contributed by atoms with Crippen molar-refractivity contribution in [2.24, 2.45) is 23.7 Å². The molecule has 2 aliphatic rings. The molecule has 2 N–H and O–H groups in total. The van der Waals surface area contributed by atoms with Crippen molar-refractivity contribution >= 4 is 17.5 Å². The molecule has 254 valence electrons. The molecule has 2 saturated heterocycles. The fourth-order valence-electron chi connectivity index (χ4n) is 6.90. The van der Waals surface area contributed by atoms with Gasteiger partial charge in [-0.05, 0) is 61.1 Å². The summed E-state index contributed by atoms with van der Waals surface area (Å²) in [6, 6.07) is -0.261. The number of hydrogen-bond donors (Lipinski definition) is 2. The number of aliphatic hydroxyl groups is 2. The summed E-state index contributed by atoms with van der Waals surface area (Å²) in [6.07, 6.45) is -3.04. The molecule has 2 aliphatic heterocycles. The van der Waals surface area contributed by atoms with Crippen molar-refractivity contribution in [2.75, 3.05) is 27.8 Å². The fraction of sp³-hybridized carbons (Fsp3) is 0.848. The maximum atomic E-state index is 14.0. The number of esters is 1. The number of methoxy groups -OCH3 is 1. The fourth-order valence-corrected chi connectivity index (χ4v) is 6.90. The van der Waals surface area contributed by atoms with E-state index in [0.717, 1.165) is 0 Å². The van der Waals surface area contributed by atoms with Gasteiger partial charge < -0.3 is 38.8 Å². The van der Waals surface area contributed by atoms with Gasteiger partial charge in [-0.1, -0.05) is 33.8 Å². The maximum absolute atomic E-state index is 14.0. The molecule has 0 amide bonds. The summed E-state index contributed by atoms with van der Waals surface area (Å²) in [4.78, 5) is 43.3. The molecule has 0 aromatic carbocycles. The van der Waals surface area contributed by atoms with Gasteiger partial charge in [-0.3, -0.25) is 14.4 Å². The van der Waals surface area contributed by atoms with E-state index in [1.165, 1.54) is 27.0 Å². The minimum Gasteiger partial charge on any atom is -0.459 e. The molecule has 0 unspecified atom stereocenters. The molecule has 0 aliphatic carbocycles. The molecule has 13 atom stereocenters. The van der Waals surface area contributed by atoms with Gasteiger partial charge in [0.05, 0.1) is 30.5 Å². The predicted molar refractivity (Wildman–Crippen MR) is 165 cm³/mol. The van der Waals surface area contributed by atoms with Crippen LogP contribution in [0.15, 0.2) is 12.7 Å². The number of rotatable bonds is 8. The second kappa shape index (κ2) is 15.7. The van der Waals surface area contributed by atoms with E-state index in [0.29, 0.717) is 6.42 Å². The first kappa shape index (κ1) is 38.5. The third kappa shape index (κ3) is 8.34. The average Bonchev–Trinajstić information content (AvgIpc) is 2.97. The van der Waals surface area contributed by atoms with Crippen LogP contribution in [-0.4, -0.2) is 115 Å². The number of carbonyl (C=O) groups is 3. The van der Waals surface area contributed by atoms with Gasteiger partial charge in [0.15, 0.2) is 12.1 Å². The summed E-state index contributed by atoms with van der Waals surface area (Å²) in [7, 11) is 5.21. The Morgan fingerprint density at radius 2 is 1.64 bits per heavy atom. The van der Waals surface area contributed by atoms with Gasteiger partial charge in [-0.25, -0.2) is 0 Å². The van der Waals surface area contributed by atoms with Gasteiger partial charge >= 0.3 is 5.97 Å². The van der Waals surface area contributed by atoms with Crippen molar-refractivity contribution in [3.63, 3.8) is 0 Å². The Labute approximate surface area is 263 Å². The average molecular weight is 628 g/mol. The lowest BCUT2D eigenvalue weighted by molar-refractivity contribution is -0.295. The number of ether oxygens (including phenoxy) is 5. The first-order valence-corrected chi connectivity index (χ1v) is 15.8. The second-order valence-corrected chi connectivity index (χ2v) is 13.5. The zero-order valence-electron chi connectivity index (χ0n) is 28.6. The SMILES string of the molecule is C=CCO[C@@H]1[C@H](C)C(=O)[C@H](C)C[C@](C)(OC)[C@H](O[C@@H]2O[C@H](C)C[C@H](N(C)C)[C@H]2O)[C@@H](C)C(=O)[C@@H](C)C(=O)O[C@H](CC)[C@@]1(C)O. The van der Waals surface area contributed by atoms with E-state index in [2.05, 4.69) is 6.58 Å². The van der Waals surface area contributed by atoms with Crippen LogP contribution in [0.1, 0.15) is 74.7 Å². The van der Waals surface area contributed by atoms with Crippen LogP contribution in [0.4, 0.5) is 0 Å². The third-order valence-electron chi connectivity index (χ3n) is 9.66. The molecule has 2 fully saturated rings. The minimum absolute atomic E-state index is 0.0609. The van der Waals surface area contributed by atoms with Crippen molar-refractivity contribution in [2.45, 2.75) is 129 Å². The molecule has 0 saturated carbocycles. The van der Waals surface area contributed by atoms with Crippen molar-refractivity contribution in [3.8, 4) is 0 Å². The lowest BCUT2D eigenvalue weighted by Gasteiger charge is -2.47. The number of aliphatic hydroxyl groups excluding tert-OH is 1. The lowest BCUT2D eigenvalue weighted by atomic mass is 9.74. The number of likely N-dealkylation sites (N-methyl/N-ethyl adjacent to an activating group) is 1. The highest BCUT2D eigenvalue weighted by Crippen LogP contribution is 2.38. The third-order valence-corrected chi connectivity index (χ3v) is 9.66. The Balaban J connectivity index is 2.66. The van der Waals surface area contributed by atoms with Crippen LogP contribution in [0.3, 0.4) is 0 Å². The van der Waals surface area contributed by atoms with Crippen molar-refractivity contribution in [3.05, 3.63) is 12.7 Å².